The van der Waals surface area contributed by atoms with Gasteiger partial charge in [0.05, 0.1) is 0 Å². The van der Waals surface area contributed by atoms with Crippen LogP contribution in [-0.4, -0.2) is 36.6 Å². The van der Waals surface area contributed by atoms with Crippen LogP contribution in [0.2, 0.25) is 0 Å². The first-order valence-electron chi connectivity index (χ1n) is 8.65. The van der Waals surface area contributed by atoms with Gasteiger partial charge in [-0.1, -0.05) is 6.07 Å². The summed E-state index contributed by atoms with van der Waals surface area (Å²) in [5.41, 5.74) is 1.35. The van der Waals surface area contributed by atoms with E-state index in [1.807, 2.05) is 23.7 Å². The van der Waals surface area contributed by atoms with Crippen LogP contribution < -0.4 is 5.32 Å². The van der Waals surface area contributed by atoms with E-state index in [4.69, 9.17) is 0 Å². The number of pyridine rings is 1. The van der Waals surface area contributed by atoms with Crippen LogP contribution in [0.1, 0.15) is 35.7 Å². The third kappa shape index (κ3) is 5.13. The van der Waals surface area contributed by atoms with E-state index < -0.39 is 0 Å². The lowest BCUT2D eigenvalue weighted by Crippen LogP contribution is -2.32. The lowest BCUT2D eigenvalue weighted by atomic mass is 9.93. The second-order valence-corrected chi connectivity index (χ2v) is 7.60. The molecule has 3 heterocycles. The SMILES string of the molecule is CN1CCC(CCNC(Cc2ccncc2)c2cccs2)CC1. The van der Waals surface area contributed by atoms with Crippen LogP contribution >= 0.6 is 11.3 Å². The van der Waals surface area contributed by atoms with Gasteiger partial charge in [-0.05, 0) is 87.4 Å². The Balaban J connectivity index is 1.52. The highest BCUT2D eigenvalue weighted by molar-refractivity contribution is 7.10. The molecule has 1 aliphatic heterocycles. The largest absolute Gasteiger partial charge is 0.309 e. The van der Waals surface area contributed by atoms with E-state index in [-0.39, 0.29) is 0 Å². The van der Waals surface area contributed by atoms with Crippen molar-refractivity contribution in [2.45, 2.75) is 31.7 Å². The maximum absolute atomic E-state index is 4.12. The van der Waals surface area contributed by atoms with Gasteiger partial charge in [0.2, 0.25) is 0 Å². The Morgan fingerprint density at radius 1 is 1.26 bits per heavy atom. The van der Waals surface area contributed by atoms with E-state index in [2.05, 4.69) is 51.9 Å². The Labute approximate surface area is 143 Å². The molecule has 0 radical (unpaired) electrons. The first kappa shape index (κ1) is 16.6. The van der Waals surface area contributed by atoms with Crippen LogP contribution in [0.3, 0.4) is 0 Å². The highest BCUT2D eigenvalue weighted by atomic mass is 32.1. The van der Waals surface area contributed by atoms with Crippen molar-refractivity contribution in [2.24, 2.45) is 5.92 Å². The second kappa shape index (κ2) is 8.57. The van der Waals surface area contributed by atoms with Crippen molar-refractivity contribution < 1.29 is 0 Å². The Kier molecular flexibility index (Phi) is 6.20. The molecule has 1 saturated heterocycles. The molecule has 2 aromatic heterocycles. The normalized spacial score (nSPS) is 18.1. The predicted octanol–water partition coefficient (Wildman–Crippen LogP) is 3.75. The first-order chi connectivity index (χ1) is 11.3. The van der Waals surface area contributed by atoms with Crippen molar-refractivity contribution in [3.63, 3.8) is 0 Å². The number of aromatic nitrogens is 1. The Morgan fingerprint density at radius 3 is 2.74 bits per heavy atom. The van der Waals surface area contributed by atoms with Crippen LogP contribution in [-0.2, 0) is 6.42 Å². The summed E-state index contributed by atoms with van der Waals surface area (Å²) in [6, 6.07) is 9.07. The lowest BCUT2D eigenvalue weighted by Gasteiger charge is -2.29. The molecule has 1 unspecified atom stereocenters. The molecular weight excluding hydrogens is 302 g/mol. The zero-order chi connectivity index (χ0) is 15.9. The highest BCUT2D eigenvalue weighted by Crippen LogP contribution is 2.24. The van der Waals surface area contributed by atoms with Gasteiger partial charge in [0, 0.05) is 23.3 Å². The molecule has 124 valence electrons. The smallest absolute Gasteiger partial charge is 0.0455 e. The molecule has 23 heavy (non-hydrogen) atoms. The van der Waals surface area contributed by atoms with Crippen molar-refractivity contribution >= 4 is 11.3 Å². The average molecular weight is 330 g/mol. The Morgan fingerprint density at radius 2 is 2.04 bits per heavy atom. The number of hydrogen-bond donors (Lipinski definition) is 1. The molecule has 0 saturated carbocycles. The van der Waals surface area contributed by atoms with E-state index in [0.717, 1.165) is 18.9 Å². The molecule has 2 aromatic rings. The van der Waals surface area contributed by atoms with Gasteiger partial charge in [-0.15, -0.1) is 11.3 Å². The second-order valence-electron chi connectivity index (χ2n) is 6.62. The van der Waals surface area contributed by atoms with Crippen molar-refractivity contribution in [3.05, 3.63) is 52.5 Å². The summed E-state index contributed by atoms with van der Waals surface area (Å²) in [6.07, 6.45) is 8.82. The first-order valence-corrected chi connectivity index (χ1v) is 9.53. The summed E-state index contributed by atoms with van der Waals surface area (Å²) in [6.45, 7) is 3.63. The molecule has 1 aliphatic rings. The van der Waals surface area contributed by atoms with Crippen LogP contribution in [0.25, 0.3) is 0 Å². The number of nitrogens with zero attached hydrogens (tertiary/aromatic N) is 2. The van der Waals surface area contributed by atoms with Gasteiger partial charge in [-0.3, -0.25) is 4.98 Å². The summed E-state index contributed by atoms with van der Waals surface area (Å²) in [5, 5.41) is 5.98. The molecule has 1 N–H and O–H groups in total. The van der Waals surface area contributed by atoms with E-state index in [9.17, 15) is 0 Å². The molecule has 0 bridgehead atoms. The van der Waals surface area contributed by atoms with Crippen molar-refractivity contribution in [3.8, 4) is 0 Å². The molecule has 4 heteroatoms. The zero-order valence-corrected chi connectivity index (χ0v) is 14.8. The van der Waals surface area contributed by atoms with E-state index >= 15 is 0 Å². The average Bonchev–Trinajstić information content (AvgIpc) is 3.11. The lowest BCUT2D eigenvalue weighted by molar-refractivity contribution is 0.210. The molecule has 0 aliphatic carbocycles. The van der Waals surface area contributed by atoms with E-state index in [0.29, 0.717) is 6.04 Å². The van der Waals surface area contributed by atoms with Gasteiger partial charge >= 0.3 is 0 Å². The number of nitrogens with one attached hydrogen (secondary N) is 1. The maximum atomic E-state index is 4.12. The summed E-state index contributed by atoms with van der Waals surface area (Å²) >= 11 is 1.85. The minimum atomic E-state index is 0.420. The number of rotatable bonds is 7. The molecule has 0 spiro atoms. The number of thiophene rings is 1. The fourth-order valence-corrected chi connectivity index (χ4v) is 4.13. The predicted molar refractivity (Wildman–Crippen MR) is 97.8 cm³/mol. The molecule has 3 rings (SSSR count). The third-order valence-corrected chi connectivity index (χ3v) is 5.84. The third-order valence-electron chi connectivity index (χ3n) is 4.86. The minimum absolute atomic E-state index is 0.420. The fourth-order valence-electron chi connectivity index (χ4n) is 3.33. The maximum Gasteiger partial charge on any atom is 0.0455 e. The molecule has 0 aromatic carbocycles. The van der Waals surface area contributed by atoms with Gasteiger partial charge in [0.15, 0.2) is 0 Å². The Hall–Kier alpha value is -1.23. The summed E-state index contributed by atoms with van der Waals surface area (Å²) in [7, 11) is 2.23. The highest BCUT2D eigenvalue weighted by Gasteiger charge is 2.18. The number of hydrogen-bond acceptors (Lipinski definition) is 4. The molecular formula is C19H27N3S. The summed E-state index contributed by atoms with van der Waals surface area (Å²) in [5.74, 6) is 0.892. The topological polar surface area (TPSA) is 28.2 Å². The molecule has 0 amide bonds. The Bertz CT molecular complexity index is 547. The van der Waals surface area contributed by atoms with Gasteiger partial charge in [0.1, 0.15) is 0 Å². The number of piperidine rings is 1. The molecule has 3 nitrogen and oxygen atoms in total. The van der Waals surface area contributed by atoms with Gasteiger partial charge in [-0.2, -0.15) is 0 Å². The van der Waals surface area contributed by atoms with E-state index in [1.165, 1.54) is 42.8 Å². The summed E-state index contributed by atoms with van der Waals surface area (Å²) < 4.78 is 0. The van der Waals surface area contributed by atoms with Crippen LogP contribution in [0.4, 0.5) is 0 Å². The van der Waals surface area contributed by atoms with Crippen molar-refractivity contribution in [1.29, 1.82) is 0 Å². The quantitative estimate of drug-likeness (QED) is 0.838. The van der Waals surface area contributed by atoms with E-state index in [1.54, 1.807) is 0 Å². The zero-order valence-electron chi connectivity index (χ0n) is 13.9. The minimum Gasteiger partial charge on any atom is -0.309 e. The molecule has 1 atom stereocenters. The van der Waals surface area contributed by atoms with Crippen LogP contribution in [0.5, 0.6) is 0 Å². The fraction of sp³-hybridized carbons (Fsp3) is 0.526. The van der Waals surface area contributed by atoms with Gasteiger partial charge < -0.3 is 10.2 Å². The summed E-state index contributed by atoms with van der Waals surface area (Å²) in [4.78, 5) is 8.00. The van der Waals surface area contributed by atoms with Crippen molar-refractivity contribution in [1.82, 2.24) is 15.2 Å². The standard InChI is InChI=1S/C19H27N3S/c1-22-12-7-16(8-13-22)6-11-21-18(19-3-2-14-23-19)15-17-4-9-20-10-5-17/h2-5,9-10,14,16,18,21H,6-8,11-13,15H2,1H3. The van der Waals surface area contributed by atoms with Gasteiger partial charge in [-0.25, -0.2) is 0 Å². The van der Waals surface area contributed by atoms with Gasteiger partial charge in [0.25, 0.3) is 0 Å². The number of likely N-dealkylation sites (tertiary alicyclic amines) is 1. The van der Waals surface area contributed by atoms with Crippen LogP contribution in [0.15, 0.2) is 42.0 Å². The molecule has 1 fully saturated rings. The van der Waals surface area contributed by atoms with Crippen molar-refractivity contribution in [2.75, 3.05) is 26.7 Å². The monoisotopic (exact) mass is 329 g/mol. The van der Waals surface area contributed by atoms with Crippen LogP contribution in [0, 0.1) is 5.92 Å².